The summed E-state index contributed by atoms with van der Waals surface area (Å²) in [5.41, 5.74) is -0.128. The van der Waals surface area contributed by atoms with Gasteiger partial charge in [0.25, 0.3) is 5.91 Å². The maximum absolute atomic E-state index is 12.7. The first-order valence-corrected chi connectivity index (χ1v) is 5.96. The number of hydrogen-bond donors (Lipinski definition) is 3. The zero-order valence-electron chi connectivity index (χ0n) is 11.8. The zero-order chi connectivity index (χ0) is 16.3. The number of rotatable bonds is 5. The number of hydrazine groups is 1. The van der Waals surface area contributed by atoms with Crippen LogP contribution in [-0.4, -0.2) is 30.1 Å². The molecule has 0 saturated heterocycles. The quantitative estimate of drug-likeness (QED) is 0.436. The van der Waals surface area contributed by atoms with Gasteiger partial charge in [0, 0.05) is 13.3 Å². The van der Waals surface area contributed by atoms with Crippen molar-refractivity contribution in [1.29, 1.82) is 0 Å². The molecule has 0 aromatic carbocycles. The topological polar surface area (TPSA) is 89.3 Å². The fourth-order valence-electron chi connectivity index (χ4n) is 1.73. The van der Waals surface area contributed by atoms with E-state index in [0.717, 1.165) is 6.07 Å². The van der Waals surface area contributed by atoms with Crippen molar-refractivity contribution in [3.63, 3.8) is 0 Å². The fraction of sp³-hybridized carbons (Fsp3) is 0.500. The van der Waals surface area contributed by atoms with Crippen LogP contribution in [0, 0.1) is 0 Å². The van der Waals surface area contributed by atoms with Gasteiger partial charge in [-0.3, -0.25) is 10.2 Å². The monoisotopic (exact) mass is 306 g/mol. The number of nitrogens with zero attached hydrogens (tertiary/aromatic N) is 1. The number of nitrogens with one attached hydrogen (secondary N) is 2. The van der Waals surface area contributed by atoms with Gasteiger partial charge in [-0.05, 0) is 19.9 Å². The Kier molecular flexibility index (Phi) is 5.13. The number of carbonyl (C=O) groups is 1. The molecule has 0 aliphatic carbocycles. The molecular weight excluding hydrogens is 289 g/mol. The van der Waals surface area contributed by atoms with Gasteiger partial charge in [0.2, 0.25) is 0 Å². The maximum atomic E-state index is 12.7. The number of alkyl halides is 3. The third-order valence-electron chi connectivity index (χ3n) is 2.54. The molecule has 0 unspecified atom stereocenters. The molecule has 9 heteroatoms. The summed E-state index contributed by atoms with van der Waals surface area (Å²) in [6.45, 7) is 3.63. The van der Waals surface area contributed by atoms with Crippen molar-refractivity contribution in [3.05, 3.63) is 23.5 Å². The number of anilines is 1. The van der Waals surface area contributed by atoms with E-state index in [4.69, 9.17) is 10.6 Å². The van der Waals surface area contributed by atoms with Crippen LogP contribution in [0.2, 0.25) is 0 Å². The molecule has 6 nitrogen and oxygen atoms in total. The predicted octanol–water partition coefficient (Wildman–Crippen LogP) is 1.54. The summed E-state index contributed by atoms with van der Waals surface area (Å²) < 4.78 is 43.2. The lowest BCUT2D eigenvalue weighted by Crippen LogP contribution is -2.38. The van der Waals surface area contributed by atoms with E-state index in [9.17, 15) is 18.0 Å². The third-order valence-corrected chi connectivity index (χ3v) is 2.54. The highest BCUT2D eigenvalue weighted by molar-refractivity contribution is 5.97. The number of amides is 1. The molecule has 0 saturated carbocycles. The Hall–Kier alpha value is -1.87. The lowest BCUT2D eigenvalue weighted by Gasteiger charge is -2.27. The van der Waals surface area contributed by atoms with Crippen LogP contribution in [0.4, 0.5) is 18.9 Å². The average Bonchev–Trinajstić information content (AvgIpc) is 2.36. The summed E-state index contributed by atoms with van der Waals surface area (Å²) in [7, 11) is 1.46. The second kappa shape index (κ2) is 6.27. The largest absolute Gasteiger partial charge is 0.417 e. The number of nitrogen functional groups attached to an aromatic ring is 1. The average molecular weight is 306 g/mol. The Morgan fingerprint density at radius 1 is 1.43 bits per heavy atom. The Balaban J connectivity index is 3.26. The minimum Gasteiger partial charge on any atom is -0.382 e. The third kappa shape index (κ3) is 4.57. The van der Waals surface area contributed by atoms with Gasteiger partial charge >= 0.3 is 6.18 Å². The van der Waals surface area contributed by atoms with E-state index < -0.39 is 23.2 Å². The molecule has 118 valence electrons. The smallest absolute Gasteiger partial charge is 0.382 e. The molecule has 0 fully saturated rings. The number of methoxy groups -OCH3 is 1. The molecule has 1 aromatic heterocycles. The molecule has 1 aromatic rings. The summed E-state index contributed by atoms with van der Waals surface area (Å²) in [6, 6.07) is 0.814. The highest BCUT2D eigenvalue weighted by Crippen LogP contribution is 2.32. The fourth-order valence-corrected chi connectivity index (χ4v) is 1.73. The van der Waals surface area contributed by atoms with E-state index in [-0.39, 0.29) is 18.0 Å². The second-order valence-corrected chi connectivity index (χ2v) is 5.03. The Bertz CT molecular complexity index is 518. The van der Waals surface area contributed by atoms with E-state index >= 15 is 0 Å². The number of pyridine rings is 1. The highest BCUT2D eigenvalue weighted by atomic mass is 19.4. The zero-order valence-corrected chi connectivity index (χ0v) is 11.8. The number of ether oxygens (including phenoxy) is 1. The first-order chi connectivity index (χ1) is 9.60. The number of halogens is 3. The number of carbonyl (C=O) groups excluding carboxylic acids is 1. The Labute approximate surface area is 119 Å². The lowest BCUT2D eigenvalue weighted by molar-refractivity contribution is -0.137. The molecule has 0 aliphatic heterocycles. The Morgan fingerprint density at radius 3 is 2.52 bits per heavy atom. The molecule has 4 N–H and O–H groups in total. The molecular formula is C12H17F3N4O2. The summed E-state index contributed by atoms with van der Waals surface area (Å²) in [5, 5.41) is 2.81. The first kappa shape index (κ1) is 17.2. The maximum Gasteiger partial charge on any atom is 0.417 e. The number of hydrogen-bond acceptors (Lipinski definition) is 5. The summed E-state index contributed by atoms with van der Waals surface area (Å²) in [5.74, 6) is 4.21. The lowest BCUT2D eigenvalue weighted by atomic mass is 10.1. The van der Waals surface area contributed by atoms with Crippen molar-refractivity contribution in [2.45, 2.75) is 25.6 Å². The minimum atomic E-state index is -4.56. The van der Waals surface area contributed by atoms with E-state index in [0.29, 0.717) is 6.20 Å². The molecule has 0 bridgehead atoms. The Morgan fingerprint density at radius 2 is 2.05 bits per heavy atom. The number of nitrogens with two attached hydrogens (primary N) is 1. The molecule has 0 aliphatic rings. The molecule has 1 amide bonds. The first-order valence-electron chi connectivity index (χ1n) is 5.96. The van der Waals surface area contributed by atoms with Crippen LogP contribution in [0.25, 0.3) is 0 Å². The molecule has 0 spiro atoms. The van der Waals surface area contributed by atoms with Crippen molar-refractivity contribution in [2.75, 3.05) is 19.0 Å². The van der Waals surface area contributed by atoms with Crippen LogP contribution < -0.4 is 16.6 Å². The minimum absolute atomic E-state index is 0.0742. The second-order valence-electron chi connectivity index (χ2n) is 5.03. The van der Waals surface area contributed by atoms with Crippen LogP contribution in [0.3, 0.4) is 0 Å². The summed E-state index contributed by atoms with van der Waals surface area (Å²) >= 11 is 0. The van der Waals surface area contributed by atoms with Gasteiger partial charge in [0.05, 0.1) is 23.4 Å². The predicted molar refractivity (Wildman–Crippen MR) is 70.5 cm³/mol. The molecule has 1 heterocycles. The van der Waals surface area contributed by atoms with Crippen molar-refractivity contribution >= 4 is 11.6 Å². The normalized spacial score (nSPS) is 12.1. The van der Waals surface area contributed by atoms with Crippen molar-refractivity contribution < 1.29 is 22.7 Å². The summed E-state index contributed by atoms with van der Waals surface area (Å²) in [6.07, 6.45) is -3.98. The molecule has 0 atom stereocenters. The van der Waals surface area contributed by atoms with E-state index in [2.05, 4.69) is 10.3 Å². The van der Waals surface area contributed by atoms with E-state index in [1.165, 1.54) is 7.11 Å². The van der Waals surface area contributed by atoms with Gasteiger partial charge < -0.3 is 10.1 Å². The van der Waals surface area contributed by atoms with Crippen LogP contribution >= 0.6 is 0 Å². The van der Waals surface area contributed by atoms with Gasteiger partial charge in [-0.25, -0.2) is 10.8 Å². The molecule has 21 heavy (non-hydrogen) atoms. The van der Waals surface area contributed by atoms with Gasteiger partial charge in [-0.15, -0.1) is 0 Å². The van der Waals surface area contributed by atoms with Gasteiger partial charge in [0.1, 0.15) is 0 Å². The highest BCUT2D eigenvalue weighted by Gasteiger charge is 2.33. The van der Waals surface area contributed by atoms with Crippen molar-refractivity contribution in [2.24, 2.45) is 5.84 Å². The van der Waals surface area contributed by atoms with Crippen LogP contribution in [0.1, 0.15) is 29.9 Å². The van der Waals surface area contributed by atoms with Crippen LogP contribution in [0.5, 0.6) is 0 Å². The molecule has 0 radical (unpaired) electrons. The van der Waals surface area contributed by atoms with Crippen molar-refractivity contribution in [1.82, 2.24) is 10.4 Å². The van der Waals surface area contributed by atoms with Gasteiger partial charge in [-0.2, -0.15) is 13.2 Å². The van der Waals surface area contributed by atoms with Crippen LogP contribution in [-0.2, 0) is 10.9 Å². The summed E-state index contributed by atoms with van der Waals surface area (Å²) in [4.78, 5) is 15.1. The van der Waals surface area contributed by atoms with Crippen LogP contribution in [0.15, 0.2) is 12.3 Å². The van der Waals surface area contributed by atoms with E-state index in [1.807, 2.05) is 5.43 Å². The van der Waals surface area contributed by atoms with Crippen molar-refractivity contribution in [3.8, 4) is 0 Å². The number of aromatic nitrogens is 1. The van der Waals surface area contributed by atoms with Gasteiger partial charge in [0.15, 0.2) is 5.69 Å². The SMILES string of the molecule is COCC(C)(C)Nc1cc(C(F)(F)F)cnc1C(=O)NN. The molecule has 1 rings (SSSR count). The van der Waals surface area contributed by atoms with E-state index in [1.54, 1.807) is 13.8 Å². The standard InChI is InChI=1S/C12H17F3N4O2/c1-11(2,6-21-3)18-8-4-7(12(13,14)15)5-17-9(8)10(20)19-16/h4-5,18H,6,16H2,1-3H3,(H,19,20). The van der Waals surface area contributed by atoms with Gasteiger partial charge in [-0.1, -0.05) is 0 Å².